The van der Waals surface area contributed by atoms with Crippen LogP contribution < -0.4 is 26.4 Å². The van der Waals surface area contributed by atoms with E-state index in [-0.39, 0.29) is 17.6 Å². The zero-order valence-corrected chi connectivity index (χ0v) is 19.9. The van der Waals surface area contributed by atoms with Gasteiger partial charge in [0, 0.05) is 37.6 Å². The standard InChI is InChI=1S/C25H32N6O4/c1-3-20-24(28-17-10-14-34-15-11-17)31-25(22(30-20)23(26)33)29-18-8-7-9-19(16-18)35-13-6-5-12-27-21(32)4-2/h2,7-9,16-17H,3,5-6,10-15H2,1H3,(H2,26,33)(H,27,32)(H2,28,29,31). The third kappa shape index (κ3) is 7.86. The highest BCUT2D eigenvalue weighted by Gasteiger charge is 2.20. The number of anilines is 3. The first-order chi connectivity index (χ1) is 17.0. The Balaban J connectivity index is 1.67. The van der Waals surface area contributed by atoms with Crippen molar-refractivity contribution in [2.24, 2.45) is 5.73 Å². The molecule has 1 aromatic carbocycles. The highest BCUT2D eigenvalue weighted by molar-refractivity contribution is 5.96. The van der Waals surface area contributed by atoms with E-state index in [1.165, 1.54) is 0 Å². The topological polar surface area (TPSA) is 140 Å². The molecule has 2 heterocycles. The van der Waals surface area contributed by atoms with Gasteiger partial charge in [0.25, 0.3) is 11.8 Å². The predicted octanol–water partition coefficient (Wildman–Crippen LogP) is 2.38. The van der Waals surface area contributed by atoms with Crippen molar-refractivity contribution < 1.29 is 19.1 Å². The van der Waals surface area contributed by atoms with Gasteiger partial charge < -0.3 is 31.2 Å². The minimum absolute atomic E-state index is 0.0831. The summed E-state index contributed by atoms with van der Waals surface area (Å²) in [4.78, 5) is 32.4. The third-order valence-electron chi connectivity index (χ3n) is 5.45. The van der Waals surface area contributed by atoms with Crippen LogP contribution >= 0.6 is 0 Å². The average molecular weight is 481 g/mol. The third-order valence-corrected chi connectivity index (χ3v) is 5.45. The number of nitrogens with two attached hydrogens (primary N) is 1. The van der Waals surface area contributed by atoms with Gasteiger partial charge in [0.15, 0.2) is 17.3 Å². The van der Waals surface area contributed by atoms with E-state index in [2.05, 4.69) is 25.9 Å². The molecule has 1 aliphatic heterocycles. The van der Waals surface area contributed by atoms with E-state index in [0.717, 1.165) is 25.7 Å². The Morgan fingerprint density at radius 3 is 2.74 bits per heavy atom. The number of ether oxygens (including phenoxy) is 2. The van der Waals surface area contributed by atoms with Gasteiger partial charge in [0.2, 0.25) is 0 Å². The lowest BCUT2D eigenvalue weighted by atomic mass is 10.1. The second kappa shape index (κ2) is 13.2. The molecule has 0 spiro atoms. The molecule has 0 unspecified atom stereocenters. The summed E-state index contributed by atoms with van der Waals surface area (Å²) in [5.41, 5.74) is 7.06. The highest BCUT2D eigenvalue weighted by Crippen LogP contribution is 2.26. The molecular formula is C25H32N6O4. The summed E-state index contributed by atoms with van der Waals surface area (Å²) in [5.74, 6) is 2.51. The Bertz CT molecular complexity index is 1060. The monoisotopic (exact) mass is 480 g/mol. The molecule has 0 atom stereocenters. The van der Waals surface area contributed by atoms with Gasteiger partial charge in [-0.15, -0.1) is 6.42 Å². The van der Waals surface area contributed by atoms with Crippen molar-refractivity contribution in [2.75, 3.05) is 37.0 Å². The number of carbonyl (C=O) groups is 2. The Labute approximate surface area is 205 Å². The number of primary amides is 1. The Hall–Kier alpha value is -3.84. The van der Waals surface area contributed by atoms with Crippen molar-refractivity contribution in [1.82, 2.24) is 15.3 Å². The number of hydrogen-bond acceptors (Lipinski definition) is 8. The molecule has 10 nitrogen and oxygen atoms in total. The smallest absolute Gasteiger partial charge is 0.295 e. The van der Waals surface area contributed by atoms with Gasteiger partial charge in [-0.25, -0.2) is 9.97 Å². The molecule has 1 aromatic heterocycles. The maximum atomic E-state index is 12.1. The maximum absolute atomic E-state index is 12.1. The van der Waals surface area contributed by atoms with Crippen LogP contribution in [0.15, 0.2) is 24.3 Å². The van der Waals surface area contributed by atoms with Gasteiger partial charge in [-0.05, 0) is 50.2 Å². The molecule has 1 aliphatic rings. The van der Waals surface area contributed by atoms with E-state index in [1.54, 1.807) is 0 Å². The van der Waals surface area contributed by atoms with E-state index in [9.17, 15) is 9.59 Å². The summed E-state index contributed by atoms with van der Waals surface area (Å²) in [6.07, 6.45) is 8.87. The summed E-state index contributed by atoms with van der Waals surface area (Å²) in [5, 5.41) is 9.24. The molecule has 2 aromatic rings. The Morgan fingerprint density at radius 2 is 2.03 bits per heavy atom. The summed E-state index contributed by atoms with van der Waals surface area (Å²) in [7, 11) is 0. The lowest BCUT2D eigenvalue weighted by Gasteiger charge is -2.25. The first-order valence-corrected chi connectivity index (χ1v) is 11.8. The average Bonchev–Trinajstić information content (AvgIpc) is 2.86. The minimum atomic E-state index is -0.656. The fourth-order valence-electron chi connectivity index (χ4n) is 3.60. The molecule has 3 rings (SSSR count). The summed E-state index contributed by atoms with van der Waals surface area (Å²) < 4.78 is 11.2. The van der Waals surface area contributed by atoms with E-state index >= 15 is 0 Å². The number of carbonyl (C=O) groups excluding carboxylic acids is 2. The van der Waals surface area contributed by atoms with Crippen LogP contribution in [0.1, 0.15) is 48.8 Å². The second-order valence-electron chi connectivity index (χ2n) is 8.07. The van der Waals surface area contributed by atoms with Gasteiger partial charge in [0.05, 0.1) is 12.3 Å². The van der Waals surface area contributed by atoms with Crippen molar-refractivity contribution in [2.45, 2.75) is 45.1 Å². The van der Waals surface area contributed by atoms with E-state index in [4.69, 9.17) is 21.6 Å². The minimum Gasteiger partial charge on any atom is -0.494 e. The zero-order valence-electron chi connectivity index (χ0n) is 19.9. The quantitative estimate of drug-likeness (QED) is 0.268. The van der Waals surface area contributed by atoms with Crippen LogP contribution in [-0.4, -0.2) is 54.2 Å². The number of hydrogen-bond donors (Lipinski definition) is 4. The SMILES string of the molecule is C#CC(=O)NCCCCOc1cccc(Nc2nc(NC3CCOCC3)c(CC)nc2C(N)=O)c1. The number of aryl methyl sites for hydroxylation is 1. The van der Waals surface area contributed by atoms with Gasteiger partial charge in [-0.1, -0.05) is 13.0 Å². The normalized spacial score (nSPS) is 13.5. The van der Waals surface area contributed by atoms with E-state index < -0.39 is 11.8 Å². The number of rotatable bonds is 12. The van der Waals surface area contributed by atoms with Crippen LogP contribution in [0, 0.1) is 12.3 Å². The molecule has 186 valence electrons. The maximum Gasteiger partial charge on any atom is 0.295 e. The number of terminal acetylenes is 1. The molecular weight excluding hydrogens is 448 g/mol. The Morgan fingerprint density at radius 1 is 1.23 bits per heavy atom. The summed E-state index contributed by atoms with van der Waals surface area (Å²) >= 11 is 0. The number of aromatic nitrogens is 2. The summed E-state index contributed by atoms with van der Waals surface area (Å²) in [6, 6.07) is 7.56. The molecule has 35 heavy (non-hydrogen) atoms. The molecule has 0 saturated carbocycles. The largest absolute Gasteiger partial charge is 0.494 e. The van der Waals surface area contributed by atoms with Crippen LogP contribution in [0.25, 0.3) is 0 Å². The van der Waals surface area contributed by atoms with Crippen molar-refractivity contribution in [3.63, 3.8) is 0 Å². The number of nitrogens with one attached hydrogen (secondary N) is 3. The van der Waals surface area contributed by atoms with Gasteiger partial charge in [-0.2, -0.15) is 0 Å². The lowest BCUT2D eigenvalue weighted by Crippen LogP contribution is -2.29. The molecule has 1 saturated heterocycles. The van der Waals surface area contributed by atoms with Crippen LogP contribution in [0.3, 0.4) is 0 Å². The van der Waals surface area contributed by atoms with Gasteiger partial charge in [0.1, 0.15) is 5.75 Å². The molecule has 1 fully saturated rings. The van der Waals surface area contributed by atoms with Crippen molar-refractivity contribution in [1.29, 1.82) is 0 Å². The molecule has 10 heteroatoms. The second-order valence-corrected chi connectivity index (χ2v) is 8.07. The van der Waals surface area contributed by atoms with E-state index in [1.807, 2.05) is 37.1 Å². The van der Waals surface area contributed by atoms with Crippen LogP contribution in [0.2, 0.25) is 0 Å². The van der Waals surface area contributed by atoms with Gasteiger partial charge in [-0.3, -0.25) is 9.59 Å². The molecule has 0 aliphatic carbocycles. The van der Waals surface area contributed by atoms with Crippen molar-refractivity contribution >= 4 is 29.1 Å². The fourth-order valence-corrected chi connectivity index (χ4v) is 3.60. The number of nitrogens with zero attached hydrogens (tertiary/aromatic N) is 2. The molecule has 0 radical (unpaired) electrons. The first kappa shape index (κ1) is 25.8. The highest BCUT2D eigenvalue weighted by atomic mass is 16.5. The lowest BCUT2D eigenvalue weighted by molar-refractivity contribution is -0.115. The molecule has 2 amide bonds. The van der Waals surface area contributed by atoms with Crippen molar-refractivity contribution in [3.8, 4) is 18.1 Å². The first-order valence-electron chi connectivity index (χ1n) is 11.8. The number of amides is 2. The van der Waals surface area contributed by atoms with Crippen molar-refractivity contribution in [3.05, 3.63) is 35.7 Å². The van der Waals surface area contributed by atoms with Crippen LogP contribution in [-0.2, 0) is 16.0 Å². The number of benzene rings is 1. The number of unbranched alkanes of at least 4 members (excludes halogenated alkanes) is 1. The Kier molecular flexibility index (Phi) is 9.69. The molecule has 5 N–H and O–H groups in total. The van der Waals surface area contributed by atoms with E-state index in [0.29, 0.717) is 55.7 Å². The predicted molar refractivity (Wildman–Crippen MR) is 134 cm³/mol. The van der Waals surface area contributed by atoms with Crippen LogP contribution in [0.4, 0.5) is 17.3 Å². The molecule has 0 bridgehead atoms. The zero-order chi connectivity index (χ0) is 25.0. The summed E-state index contributed by atoms with van der Waals surface area (Å²) in [6.45, 7) is 4.33. The fraction of sp³-hybridized carbons (Fsp3) is 0.440. The van der Waals surface area contributed by atoms with Crippen LogP contribution in [0.5, 0.6) is 5.75 Å². The van der Waals surface area contributed by atoms with Gasteiger partial charge >= 0.3 is 0 Å².